The van der Waals surface area contributed by atoms with Crippen molar-refractivity contribution in [1.82, 2.24) is 0 Å². The molecule has 0 atom stereocenters. The minimum atomic E-state index is 0.676. The fraction of sp³-hybridized carbons (Fsp3) is 0.333. The molecule has 1 aromatic carbocycles. The van der Waals surface area contributed by atoms with Crippen LogP contribution in [0.25, 0.3) is 0 Å². The first-order chi connectivity index (χ1) is 9.17. The first kappa shape index (κ1) is 17.9. The van der Waals surface area contributed by atoms with Gasteiger partial charge in [0.05, 0.1) is 5.71 Å². The van der Waals surface area contributed by atoms with E-state index in [2.05, 4.69) is 9.50 Å². The Hall–Kier alpha value is -1.12. The molecule has 0 amide bonds. The van der Waals surface area contributed by atoms with Crippen LogP contribution in [-0.4, -0.2) is 19.0 Å². The van der Waals surface area contributed by atoms with E-state index >= 15 is 0 Å². The lowest BCUT2D eigenvalue weighted by Gasteiger charge is -2.05. The van der Waals surface area contributed by atoms with Gasteiger partial charge >= 0.3 is 0 Å². The number of hydrogen-bond acceptors (Lipinski definition) is 2. The van der Waals surface area contributed by atoms with Crippen molar-refractivity contribution in [3.63, 3.8) is 0 Å². The van der Waals surface area contributed by atoms with Crippen molar-refractivity contribution in [3.8, 4) is 0 Å². The Bertz CT molecular complexity index is 463. The molecule has 0 aromatic heterocycles. The van der Waals surface area contributed by atoms with E-state index in [-0.39, 0.29) is 0 Å². The summed E-state index contributed by atoms with van der Waals surface area (Å²) >= 11 is 11.5. The van der Waals surface area contributed by atoms with E-state index in [0.717, 1.165) is 16.8 Å². The largest absolute Gasteiger partial charge is 0.297 e. The maximum absolute atomic E-state index is 5.93. The Morgan fingerprint density at radius 2 is 2.00 bits per heavy atom. The van der Waals surface area contributed by atoms with E-state index < -0.39 is 0 Å². The minimum absolute atomic E-state index is 0.676. The Kier molecular flexibility index (Phi) is 10.1. The highest BCUT2D eigenvalue weighted by Crippen LogP contribution is 2.16. The van der Waals surface area contributed by atoms with Crippen molar-refractivity contribution in [2.24, 2.45) is 9.50 Å². The lowest BCUT2D eigenvalue weighted by atomic mass is 10.0. The van der Waals surface area contributed by atoms with Crippen LogP contribution in [0.4, 0.5) is 0 Å². The van der Waals surface area contributed by atoms with Gasteiger partial charge < -0.3 is 0 Å². The molecule has 0 N–H and O–H groups in total. The summed E-state index contributed by atoms with van der Waals surface area (Å²) < 4.78 is 3.79. The highest BCUT2D eigenvalue weighted by Gasteiger charge is 2.05. The molecule has 0 aliphatic heterocycles. The molecular formula is C15H20Cl2N2. The predicted molar refractivity (Wildman–Crippen MR) is 88.0 cm³/mol. The first-order valence-corrected chi connectivity index (χ1v) is 6.90. The lowest BCUT2D eigenvalue weighted by molar-refractivity contribution is 1.26. The van der Waals surface area contributed by atoms with Gasteiger partial charge in [0, 0.05) is 36.5 Å². The number of allylic oxidation sites excluding steroid dienone is 2. The van der Waals surface area contributed by atoms with Crippen molar-refractivity contribution < 1.29 is 0 Å². The average Bonchev–Trinajstić information content (AvgIpc) is 2.44. The zero-order valence-corrected chi connectivity index (χ0v) is 13.3. The predicted octanol–water partition coefficient (Wildman–Crippen LogP) is 5.35. The molecule has 2 nitrogen and oxygen atoms in total. The smallest absolute Gasteiger partial charge is 0.0663 e. The summed E-state index contributed by atoms with van der Waals surface area (Å²) in [6.45, 7) is 6.01. The zero-order chi connectivity index (χ0) is 14.7. The fourth-order valence-electron chi connectivity index (χ4n) is 1.37. The van der Waals surface area contributed by atoms with Crippen LogP contribution in [0.2, 0.25) is 5.02 Å². The van der Waals surface area contributed by atoms with Crippen LogP contribution in [0.1, 0.15) is 32.8 Å². The molecule has 1 aromatic rings. The number of benzene rings is 1. The normalized spacial score (nSPS) is 12.3. The molecule has 0 unspecified atom stereocenters. The van der Waals surface area contributed by atoms with E-state index in [9.17, 15) is 0 Å². The highest BCUT2D eigenvalue weighted by atomic mass is 35.5. The van der Waals surface area contributed by atoms with E-state index in [1.54, 1.807) is 13.3 Å². The van der Waals surface area contributed by atoms with Gasteiger partial charge in [0.15, 0.2) is 0 Å². The molecule has 0 spiro atoms. The number of halogens is 2. The van der Waals surface area contributed by atoms with Crippen molar-refractivity contribution in [1.29, 1.82) is 0 Å². The average molecular weight is 299 g/mol. The standard InChI is InChI=1S/C13H14Cl2N2.C2H6/c1-10(6-7-16-2)8-13(17-15)11-4-3-5-12(14)9-11;1-2/h3-7,9H,8H2,1-2H3;1-2H3/b10-6+,16-7?,17-13+;. The fourth-order valence-corrected chi connectivity index (χ4v) is 1.72. The number of aliphatic imine (C=N–C) groups is 1. The Morgan fingerprint density at radius 3 is 2.53 bits per heavy atom. The molecule has 0 bridgehead atoms. The van der Waals surface area contributed by atoms with Crippen LogP contribution in [0.3, 0.4) is 0 Å². The maximum Gasteiger partial charge on any atom is 0.0663 e. The molecule has 0 aliphatic rings. The summed E-state index contributed by atoms with van der Waals surface area (Å²) in [4.78, 5) is 3.90. The van der Waals surface area contributed by atoms with Crippen molar-refractivity contribution in [2.45, 2.75) is 27.2 Å². The van der Waals surface area contributed by atoms with E-state index in [4.69, 9.17) is 23.4 Å². The topological polar surface area (TPSA) is 24.7 Å². The molecule has 0 saturated carbocycles. The molecule has 4 heteroatoms. The second-order valence-corrected chi connectivity index (χ2v) is 4.24. The molecule has 0 heterocycles. The monoisotopic (exact) mass is 298 g/mol. The van der Waals surface area contributed by atoms with Gasteiger partial charge in [-0.3, -0.25) is 4.99 Å². The Balaban J connectivity index is 0.00000154. The van der Waals surface area contributed by atoms with Crippen LogP contribution in [0.15, 0.2) is 45.4 Å². The van der Waals surface area contributed by atoms with Crippen LogP contribution in [0, 0.1) is 0 Å². The quantitative estimate of drug-likeness (QED) is 0.670. The minimum Gasteiger partial charge on any atom is -0.297 e. The molecule has 0 fully saturated rings. The molecule has 0 saturated heterocycles. The van der Waals surface area contributed by atoms with Crippen LogP contribution in [-0.2, 0) is 0 Å². The van der Waals surface area contributed by atoms with Crippen LogP contribution >= 0.6 is 23.4 Å². The Morgan fingerprint density at radius 1 is 1.32 bits per heavy atom. The summed E-state index contributed by atoms with van der Waals surface area (Å²) in [5, 5.41) is 0.678. The molecule has 19 heavy (non-hydrogen) atoms. The summed E-state index contributed by atoms with van der Waals surface area (Å²) in [7, 11) is 1.73. The van der Waals surface area contributed by atoms with Gasteiger partial charge in [0.2, 0.25) is 0 Å². The zero-order valence-electron chi connectivity index (χ0n) is 11.8. The third-order valence-corrected chi connectivity index (χ3v) is 2.65. The van der Waals surface area contributed by atoms with Gasteiger partial charge in [-0.15, -0.1) is 0 Å². The SMILES string of the molecule is CC.CN=C/C=C(\C)C/C(=N\Cl)c1cccc(Cl)c1. The Labute approximate surface area is 126 Å². The third kappa shape index (κ3) is 7.14. The summed E-state index contributed by atoms with van der Waals surface area (Å²) in [5.41, 5.74) is 2.87. The van der Waals surface area contributed by atoms with Crippen LogP contribution in [0.5, 0.6) is 0 Å². The number of rotatable bonds is 4. The van der Waals surface area contributed by atoms with Gasteiger partial charge in [-0.1, -0.05) is 43.2 Å². The molecule has 0 aliphatic carbocycles. The van der Waals surface area contributed by atoms with Crippen LogP contribution < -0.4 is 0 Å². The maximum atomic E-state index is 5.93. The van der Waals surface area contributed by atoms with E-state index in [1.165, 1.54) is 0 Å². The van der Waals surface area contributed by atoms with Gasteiger partial charge in [-0.25, -0.2) is 0 Å². The first-order valence-electron chi connectivity index (χ1n) is 6.19. The van der Waals surface area contributed by atoms with Crippen molar-refractivity contribution >= 4 is 35.3 Å². The van der Waals surface area contributed by atoms with Crippen molar-refractivity contribution in [2.75, 3.05) is 7.05 Å². The second-order valence-electron chi connectivity index (χ2n) is 3.64. The molecule has 0 radical (unpaired) electrons. The van der Waals surface area contributed by atoms with E-state index in [0.29, 0.717) is 11.4 Å². The highest BCUT2D eigenvalue weighted by molar-refractivity contribution is 6.31. The molecule has 104 valence electrons. The molecular weight excluding hydrogens is 279 g/mol. The van der Waals surface area contributed by atoms with Gasteiger partial charge in [-0.05, 0) is 30.7 Å². The second kappa shape index (κ2) is 10.8. The molecule has 1 rings (SSSR count). The van der Waals surface area contributed by atoms with Gasteiger partial charge in [0.25, 0.3) is 0 Å². The summed E-state index contributed by atoms with van der Waals surface area (Å²) in [6, 6.07) is 7.49. The summed E-state index contributed by atoms with van der Waals surface area (Å²) in [5.74, 6) is 0. The van der Waals surface area contributed by atoms with Crippen molar-refractivity contribution in [3.05, 3.63) is 46.5 Å². The van der Waals surface area contributed by atoms with E-state index in [1.807, 2.05) is 51.1 Å². The lowest BCUT2D eigenvalue weighted by Crippen LogP contribution is -2.00. The summed E-state index contributed by atoms with van der Waals surface area (Å²) in [6.07, 6.45) is 4.36. The van der Waals surface area contributed by atoms with Gasteiger partial charge in [-0.2, -0.15) is 4.51 Å². The number of hydrogen-bond donors (Lipinski definition) is 0. The third-order valence-electron chi connectivity index (χ3n) is 2.21. The number of nitrogens with zero attached hydrogens (tertiary/aromatic N) is 2. The van der Waals surface area contributed by atoms with Gasteiger partial charge in [0.1, 0.15) is 0 Å².